The highest BCUT2D eigenvalue weighted by Gasteiger charge is 2.24. The number of nitrogens with one attached hydrogen (secondary N) is 1. The van der Waals surface area contributed by atoms with Gasteiger partial charge in [0, 0.05) is 4.88 Å². The summed E-state index contributed by atoms with van der Waals surface area (Å²) < 4.78 is 1.56. The van der Waals surface area contributed by atoms with Gasteiger partial charge >= 0.3 is 5.82 Å². The van der Waals surface area contributed by atoms with Gasteiger partial charge in [0.05, 0.1) is 16.5 Å². The molecule has 0 fully saturated rings. The van der Waals surface area contributed by atoms with E-state index in [1.807, 2.05) is 13.8 Å². The van der Waals surface area contributed by atoms with Crippen LogP contribution < -0.4 is 5.32 Å². The van der Waals surface area contributed by atoms with Crippen molar-refractivity contribution < 1.29 is 9.72 Å². The summed E-state index contributed by atoms with van der Waals surface area (Å²) in [6, 6.07) is 0. The van der Waals surface area contributed by atoms with Gasteiger partial charge in [-0.15, -0.1) is 11.3 Å². The minimum absolute atomic E-state index is 0.115. The second-order valence-electron chi connectivity index (χ2n) is 4.35. The number of hydrogen-bond donors (Lipinski definition) is 1. The third kappa shape index (κ3) is 3.27. The van der Waals surface area contributed by atoms with Crippen molar-refractivity contribution in [3.8, 4) is 0 Å². The van der Waals surface area contributed by atoms with E-state index in [9.17, 15) is 14.9 Å². The fourth-order valence-corrected chi connectivity index (χ4v) is 2.86. The number of carbonyl (C=O) groups is 1. The molecule has 0 saturated carbocycles. The number of amides is 1. The van der Waals surface area contributed by atoms with Gasteiger partial charge in [0.2, 0.25) is 5.91 Å². The van der Waals surface area contributed by atoms with E-state index >= 15 is 0 Å². The van der Waals surface area contributed by atoms with Crippen LogP contribution in [0, 0.1) is 30.9 Å². The third-order valence-electron chi connectivity index (χ3n) is 2.86. The van der Waals surface area contributed by atoms with Crippen molar-refractivity contribution >= 4 is 44.1 Å². The monoisotopic (exact) mass is 373 g/mol. The lowest BCUT2D eigenvalue weighted by atomic mass is 10.4. The summed E-state index contributed by atoms with van der Waals surface area (Å²) in [5.41, 5.74) is 1.38. The first kappa shape index (κ1) is 15.6. The Morgan fingerprint density at radius 3 is 2.62 bits per heavy atom. The van der Waals surface area contributed by atoms with Crippen molar-refractivity contribution in [1.82, 2.24) is 14.8 Å². The van der Waals surface area contributed by atoms with Gasteiger partial charge in [-0.3, -0.25) is 4.79 Å². The van der Waals surface area contributed by atoms with Crippen LogP contribution in [-0.4, -0.2) is 25.6 Å². The Balaban J connectivity index is 2.13. The molecule has 2 aromatic heterocycles. The van der Waals surface area contributed by atoms with E-state index in [1.165, 1.54) is 16.0 Å². The Kier molecular flexibility index (Phi) is 4.37. The van der Waals surface area contributed by atoms with Gasteiger partial charge in [-0.25, -0.2) is 4.98 Å². The third-order valence-corrected chi connectivity index (χ3v) is 4.77. The van der Waals surface area contributed by atoms with E-state index in [0.717, 1.165) is 10.6 Å². The molecule has 0 aromatic carbocycles. The number of anilines is 1. The molecule has 0 unspecified atom stereocenters. The number of rotatable bonds is 4. The smallest absolute Gasteiger partial charge is 0.358 e. The van der Waals surface area contributed by atoms with Crippen LogP contribution in [0.5, 0.6) is 0 Å². The van der Waals surface area contributed by atoms with Crippen molar-refractivity contribution in [2.24, 2.45) is 0 Å². The van der Waals surface area contributed by atoms with Crippen molar-refractivity contribution in [1.29, 1.82) is 0 Å². The molecule has 0 saturated heterocycles. The van der Waals surface area contributed by atoms with E-state index in [-0.39, 0.29) is 22.7 Å². The van der Waals surface area contributed by atoms with Crippen LogP contribution in [0.25, 0.3) is 0 Å². The number of aromatic nitrogens is 3. The summed E-state index contributed by atoms with van der Waals surface area (Å²) in [5, 5.41) is 17.8. The van der Waals surface area contributed by atoms with Gasteiger partial charge < -0.3 is 15.4 Å². The first-order valence-corrected chi connectivity index (χ1v) is 7.51. The SMILES string of the molecule is Cc1nc(NC(=O)Cn2nc([N+](=O)[O-])c(Br)c2C)sc1C. The number of carbonyl (C=O) groups excluding carboxylic acids is 1. The van der Waals surface area contributed by atoms with E-state index in [2.05, 4.69) is 31.3 Å². The van der Waals surface area contributed by atoms with Crippen LogP contribution >= 0.6 is 27.3 Å². The van der Waals surface area contributed by atoms with Gasteiger partial charge in [0.15, 0.2) is 5.13 Å². The van der Waals surface area contributed by atoms with Gasteiger partial charge in [-0.05, 0) is 41.6 Å². The number of nitro groups is 1. The molecule has 0 aliphatic heterocycles. The minimum atomic E-state index is -0.598. The average Bonchev–Trinajstić information content (AvgIpc) is 2.83. The fourth-order valence-electron chi connectivity index (χ4n) is 1.60. The molecule has 21 heavy (non-hydrogen) atoms. The Hall–Kier alpha value is -1.81. The zero-order valence-electron chi connectivity index (χ0n) is 11.5. The molecule has 8 nitrogen and oxygen atoms in total. The van der Waals surface area contributed by atoms with Crippen molar-refractivity contribution in [2.45, 2.75) is 27.3 Å². The highest BCUT2D eigenvalue weighted by Crippen LogP contribution is 2.27. The number of halogens is 1. The topological polar surface area (TPSA) is 103 Å². The summed E-state index contributed by atoms with van der Waals surface area (Å²) in [4.78, 5) is 27.4. The zero-order valence-corrected chi connectivity index (χ0v) is 13.9. The van der Waals surface area contributed by atoms with Crippen LogP contribution in [-0.2, 0) is 11.3 Å². The maximum absolute atomic E-state index is 12.0. The first-order chi connectivity index (χ1) is 9.79. The van der Waals surface area contributed by atoms with E-state index in [4.69, 9.17) is 0 Å². The summed E-state index contributed by atoms with van der Waals surface area (Å²) in [5.74, 6) is -0.641. The Bertz CT molecular complexity index is 704. The van der Waals surface area contributed by atoms with Crippen molar-refractivity contribution in [3.05, 3.63) is 30.9 Å². The molecule has 0 atom stereocenters. The molecule has 1 N–H and O–H groups in total. The second kappa shape index (κ2) is 5.90. The quantitative estimate of drug-likeness (QED) is 0.655. The largest absolute Gasteiger partial charge is 0.404 e. The molecule has 0 radical (unpaired) electrons. The molecule has 2 aromatic rings. The molecule has 2 heterocycles. The summed E-state index contributed by atoms with van der Waals surface area (Å²) in [7, 11) is 0. The van der Waals surface area contributed by atoms with Crippen LogP contribution in [0.15, 0.2) is 4.47 Å². The van der Waals surface area contributed by atoms with E-state index in [0.29, 0.717) is 10.8 Å². The summed E-state index contributed by atoms with van der Waals surface area (Å²) in [6.07, 6.45) is 0. The highest BCUT2D eigenvalue weighted by molar-refractivity contribution is 9.10. The van der Waals surface area contributed by atoms with Gasteiger partial charge in [0.1, 0.15) is 11.0 Å². The predicted octanol–water partition coefficient (Wildman–Crippen LogP) is 2.57. The van der Waals surface area contributed by atoms with Crippen LogP contribution in [0.2, 0.25) is 0 Å². The molecular formula is C11H12BrN5O3S. The summed E-state index contributed by atoms with van der Waals surface area (Å²) in [6.45, 7) is 5.31. The number of aryl methyl sites for hydroxylation is 2. The maximum atomic E-state index is 12.0. The Labute approximate surface area is 132 Å². The molecule has 0 aliphatic carbocycles. The molecule has 10 heteroatoms. The average molecular weight is 374 g/mol. The molecule has 1 amide bonds. The molecule has 0 spiro atoms. The van der Waals surface area contributed by atoms with Gasteiger partial charge in [-0.2, -0.15) is 4.68 Å². The van der Waals surface area contributed by atoms with Crippen LogP contribution in [0.3, 0.4) is 0 Å². The summed E-state index contributed by atoms with van der Waals surface area (Å²) >= 11 is 4.48. The normalized spacial score (nSPS) is 10.7. The molecule has 2 rings (SSSR count). The first-order valence-electron chi connectivity index (χ1n) is 5.90. The van der Waals surface area contributed by atoms with E-state index < -0.39 is 4.92 Å². The lowest BCUT2D eigenvalue weighted by molar-refractivity contribution is -0.390. The Morgan fingerprint density at radius 1 is 1.48 bits per heavy atom. The maximum Gasteiger partial charge on any atom is 0.404 e. The molecule has 0 bridgehead atoms. The zero-order chi connectivity index (χ0) is 15.7. The number of hydrogen-bond acceptors (Lipinski definition) is 6. The molecule has 112 valence electrons. The lowest BCUT2D eigenvalue weighted by Gasteiger charge is -2.00. The predicted molar refractivity (Wildman–Crippen MR) is 81.5 cm³/mol. The standard InChI is InChI=1S/C11H12BrN5O3S/c1-5-7(3)21-11(13-5)14-8(18)4-16-6(2)9(12)10(15-16)17(19)20/h4H2,1-3H3,(H,13,14,18). The Morgan fingerprint density at radius 2 is 2.14 bits per heavy atom. The number of nitrogens with zero attached hydrogens (tertiary/aromatic N) is 4. The highest BCUT2D eigenvalue weighted by atomic mass is 79.9. The van der Waals surface area contributed by atoms with Gasteiger partial charge in [-0.1, -0.05) is 0 Å². The van der Waals surface area contributed by atoms with Crippen molar-refractivity contribution in [3.63, 3.8) is 0 Å². The van der Waals surface area contributed by atoms with E-state index in [1.54, 1.807) is 6.92 Å². The minimum Gasteiger partial charge on any atom is -0.358 e. The lowest BCUT2D eigenvalue weighted by Crippen LogP contribution is -2.20. The number of thiazole rings is 1. The fraction of sp³-hybridized carbons (Fsp3) is 0.364. The van der Waals surface area contributed by atoms with Crippen molar-refractivity contribution in [2.75, 3.05) is 5.32 Å². The van der Waals surface area contributed by atoms with Crippen LogP contribution in [0.4, 0.5) is 10.9 Å². The molecular weight excluding hydrogens is 362 g/mol. The molecule has 0 aliphatic rings. The van der Waals surface area contributed by atoms with Gasteiger partial charge in [0.25, 0.3) is 0 Å². The second-order valence-corrected chi connectivity index (χ2v) is 6.34. The van der Waals surface area contributed by atoms with Crippen LogP contribution in [0.1, 0.15) is 16.3 Å².